The topological polar surface area (TPSA) is 106 Å². The molecule has 2 rings (SSSR count). The van der Waals surface area contributed by atoms with Crippen LogP contribution in [0.4, 0.5) is 10.5 Å². The fraction of sp³-hybridized carbons (Fsp3) is 0.526. The van der Waals surface area contributed by atoms with E-state index >= 15 is 0 Å². The van der Waals surface area contributed by atoms with Crippen molar-refractivity contribution in [3.63, 3.8) is 0 Å². The molecule has 1 aliphatic heterocycles. The predicted octanol–water partition coefficient (Wildman–Crippen LogP) is 1.94. The lowest BCUT2D eigenvalue weighted by molar-refractivity contribution is -0.124. The number of carbonyl (C=O) groups excluding carboxylic acids is 3. The van der Waals surface area contributed by atoms with Crippen molar-refractivity contribution in [2.24, 2.45) is 0 Å². The van der Waals surface area contributed by atoms with Crippen LogP contribution in [0.15, 0.2) is 24.3 Å². The first-order valence-electron chi connectivity index (χ1n) is 8.98. The summed E-state index contributed by atoms with van der Waals surface area (Å²) in [6, 6.07) is 7.21. The van der Waals surface area contributed by atoms with Gasteiger partial charge in [-0.2, -0.15) is 0 Å². The highest BCUT2D eigenvalue weighted by Crippen LogP contribution is 2.18. The molecule has 1 aromatic rings. The molecule has 3 N–H and O–H groups in total. The standard InChI is InChI=1S/C19H27N3O5/c1-19(2,3)27-18(25)21-12-16(23)20-11-13-7-4-5-8-14(13)22-17(24)15-9-6-10-26-15/h4-5,7-8,15H,6,9-12H2,1-3H3,(H,20,23)(H,21,25)(H,22,24). The van der Waals surface area contributed by atoms with Crippen molar-refractivity contribution in [2.75, 3.05) is 18.5 Å². The second-order valence-corrected chi connectivity index (χ2v) is 7.28. The number of anilines is 1. The fourth-order valence-corrected chi connectivity index (χ4v) is 2.52. The lowest BCUT2D eigenvalue weighted by Gasteiger charge is -2.19. The minimum Gasteiger partial charge on any atom is -0.444 e. The molecule has 0 spiro atoms. The largest absolute Gasteiger partial charge is 0.444 e. The summed E-state index contributed by atoms with van der Waals surface area (Å²) in [4.78, 5) is 35.7. The van der Waals surface area contributed by atoms with Gasteiger partial charge in [0.05, 0.1) is 0 Å². The van der Waals surface area contributed by atoms with E-state index < -0.39 is 17.8 Å². The van der Waals surface area contributed by atoms with Gasteiger partial charge in [0.1, 0.15) is 18.2 Å². The number of ether oxygens (including phenoxy) is 2. The molecule has 1 saturated heterocycles. The van der Waals surface area contributed by atoms with Gasteiger partial charge in [-0.05, 0) is 45.2 Å². The molecule has 0 saturated carbocycles. The molecule has 8 nitrogen and oxygen atoms in total. The van der Waals surface area contributed by atoms with Crippen molar-refractivity contribution < 1.29 is 23.9 Å². The van der Waals surface area contributed by atoms with Crippen LogP contribution in [0.3, 0.4) is 0 Å². The van der Waals surface area contributed by atoms with Gasteiger partial charge in [0.2, 0.25) is 5.91 Å². The zero-order valence-electron chi connectivity index (χ0n) is 16.0. The Morgan fingerprint density at radius 3 is 2.59 bits per heavy atom. The molecule has 0 aromatic heterocycles. The van der Waals surface area contributed by atoms with Gasteiger partial charge in [-0.15, -0.1) is 0 Å². The third kappa shape index (κ3) is 7.26. The van der Waals surface area contributed by atoms with E-state index in [1.54, 1.807) is 32.9 Å². The number of hydrogen-bond acceptors (Lipinski definition) is 5. The number of para-hydroxylation sites is 1. The molecule has 3 amide bonds. The average molecular weight is 377 g/mol. The molecular formula is C19H27N3O5. The molecule has 0 bridgehead atoms. The van der Waals surface area contributed by atoms with Crippen molar-refractivity contribution in [1.82, 2.24) is 10.6 Å². The minimum absolute atomic E-state index is 0.183. The van der Waals surface area contributed by atoms with Gasteiger partial charge >= 0.3 is 6.09 Å². The van der Waals surface area contributed by atoms with Gasteiger partial charge in [-0.25, -0.2) is 4.79 Å². The van der Waals surface area contributed by atoms with Gasteiger partial charge in [-0.1, -0.05) is 18.2 Å². The highest BCUT2D eigenvalue weighted by atomic mass is 16.6. The average Bonchev–Trinajstić information content (AvgIpc) is 3.12. The summed E-state index contributed by atoms with van der Waals surface area (Å²) in [5.74, 6) is -0.543. The number of benzene rings is 1. The highest BCUT2D eigenvalue weighted by molar-refractivity contribution is 5.95. The number of amides is 3. The number of carbonyl (C=O) groups is 3. The first-order valence-corrected chi connectivity index (χ1v) is 8.98. The minimum atomic E-state index is -0.651. The van der Waals surface area contributed by atoms with Crippen LogP contribution in [0.2, 0.25) is 0 Å². The third-order valence-corrected chi connectivity index (χ3v) is 3.77. The van der Waals surface area contributed by atoms with Crippen LogP contribution < -0.4 is 16.0 Å². The molecule has 1 aliphatic rings. The van der Waals surface area contributed by atoms with E-state index in [1.807, 2.05) is 12.1 Å². The summed E-state index contributed by atoms with van der Waals surface area (Å²) < 4.78 is 10.5. The molecule has 27 heavy (non-hydrogen) atoms. The normalized spacial score (nSPS) is 16.5. The van der Waals surface area contributed by atoms with Crippen molar-refractivity contribution in [3.8, 4) is 0 Å². The van der Waals surface area contributed by atoms with Gasteiger partial charge < -0.3 is 25.4 Å². The third-order valence-electron chi connectivity index (χ3n) is 3.77. The van der Waals surface area contributed by atoms with Gasteiger partial charge in [-0.3, -0.25) is 9.59 Å². The van der Waals surface area contributed by atoms with Gasteiger partial charge in [0.25, 0.3) is 5.91 Å². The number of alkyl carbamates (subject to hydrolysis) is 1. The van der Waals surface area contributed by atoms with Crippen LogP contribution >= 0.6 is 0 Å². The second kappa shape index (κ2) is 9.36. The van der Waals surface area contributed by atoms with Crippen LogP contribution in [0.25, 0.3) is 0 Å². The Morgan fingerprint density at radius 1 is 1.19 bits per heavy atom. The predicted molar refractivity (Wildman–Crippen MR) is 100 cm³/mol. The summed E-state index contributed by atoms with van der Waals surface area (Å²) in [5.41, 5.74) is 0.758. The van der Waals surface area contributed by atoms with Crippen LogP contribution in [0, 0.1) is 0 Å². The fourth-order valence-electron chi connectivity index (χ4n) is 2.52. The maximum Gasteiger partial charge on any atom is 0.408 e. The molecule has 1 fully saturated rings. The van der Waals surface area contributed by atoms with Gasteiger partial charge in [0.15, 0.2) is 0 Å². The Balaban J connectivity index is 1.82. The molecule has 148 valence electrons. The maximum atomic E-state index is 12.2. The van der Waals surface area contributed by atoms with Crippen LogP contribution in [-0.4, -0.2) is 42.8 Å². The van der Waals surface area contributed by atoms with E-state index in [9.17, 15) is 14.4 Å². The van der Waals surface area contributed by atoms with Crippen LogP contribution in [0.5, 0.6) is 0 Å². The summed E-state index contributed by atoms with van der Waals surface area (Å²) in [7, 11) is 0. The molecule has 1 heterocycles. The van der Waals surface area contributed by atoms with Crippen LogP contribution in [0.1, 0.15) is 39.2 Å². The second-order valence-electron chi connectivity index (χ2n) is 7.28. The Morgan fingerprint density at radius 2 is 1.93 bits per heavy atom. The summed E-state index contributed by atoms with van der Waals surface area (Å²) in [5, 5.41) is 7.96. The zero-order chi connectivity index (χ0) is 19.9. The van der Waals surface area contributed by atoms with E-state index in [2.05, 4.69) is 16.0 Å². The summed E-state index contributed by atoms with van der Waals surface area (Å²) in [6.07, 6.45) is 0.508. The number of rotatable bonds is 6. The Labute approximate surface area is 159 Å². The quantitative estimate of drug-likeness (QED) is 0.703. The zero-order valence-corrected chi connectivity index (χ0v) is 16.0. The molecule has 0 aliphatic carbocycles. The van der Waals surface area contributed by atoms with Crippen molar-refractivity contribution in [2.45, 2.75) is 51.9 Å². The smallest absolute Gasteiger partial charge is 0.408 e. The summed E-state index contributed by atoms with van der Waals surface area (Å²) >= 11 is 0. The van der Waals surface area contributed by atoms with E-state index in [1.165, 1.54) is 0 Å². The van der Waals surface area contributed by atoms with E-state index in [4.69, 9.17) is 9.47 Å². The van der Waals surface area contributed by atoms with Crippen LogP contribution in [-0.2, 0) is 25.6 Å². The molecule has 1 unspecified atom stereocenters. The monoisotopic (exact) mass is 377 g/mol. The van der Waals surface area contributed by atoms with E-state index in [-0.39, 0.29) is 24.9 Å². The van der Waals surface area contributed by atoms with Gasteiger partial charge in [0, 0.05) is 18.8 Å². The molecule has 1 aromatic carbocycles. The Hall–Kier alpha value is -2.61. The molecule has 8 heteroatoms. The summed E-state index contributed by atoms with van der Waals surface area (Å²) in [6.45, 7) is 5.86. The maximum absolute atomic E-state index is 12.2. The van der Waals surface area contributed by atoms with Crippen molar-refractivity contribution >= 4 is 23.6 Å². The lowest BCUT2D eigenvalue weighted by Crippen LogP contribution is -2.39. The molecule has 0 radical (unpaired) electrons. The number of nitrogens with one attached hydrogen (secondary N) is 3. The first-order chi connectivity index (χ1) is 12.7. The van der Waals surface area contributed by atoms with E-state index in [0.717, 1.165) is 12.0 Å². The Kier molecular flexibility index (Phi) is 7.18. The SMILES string of the molecule is CC(C)(C)OC(=O)NCC(=O)NCc1ccccc1NC(=O)C1CCCO1. The van der Waals surface area contributed by atoms with Crippen molar-refractivity contribution in [3.05, 3.63) is 29.8 Å². The Bertz CT molecular complexity index is 678. The molecule has 1 atom stereocenters. The van der Waals surface area contributed by atoms with E-state index in [0.29, 0.717) is 18.7 Å². The number of hydrogen-bond donors (Lipinski definition) is 3. The van der Waals surface area contributed by atoms with Crippen molar-refractivity contribution in [1.29, 1.82) is 0 Å². The molecular weight excluding hydrogens is 350 g/mol. The lowest BCUT2D eigenvalue weighted by atomic mass is 10.1. The highest BCUT2D eigenvalue weighted by Gasteiger charge is 2.24. The first kappa shape index (κ1) is 20.7.